The van der Waals surface area contributed by atoms with Crippen molar-refractivity contribution in [2.45, 2.75) is 13.5 Å². The third kappa shape index (κ3) is 3.43. The number of carbonyl (C=O) groups excluding carboxylic acids is 1. The molecule has 4 rings (SSSR count). The van der Waals surface area contributed by atoms with Crippen LogP contribution < -0.4 is 0 Å². The number of pyridine rings is 1. The van der Waals surface area contributed by atoms with Crippen molar-refractivity contribution in [2.75, 3.05) is 26.2 Å². The molecule has 1 aliphatic rings. The van der Waals surface area contributed by atoms with Gasteiger partial charge in [-0.3, -0.25) is 14.7 Å². The van der Waals surface area contributed by atoms with Crippen LogP contribution in [0.15, 0.2) is 48.7 Å². The van der Waals surface area contributed by atoms with Gasteiger partial charge >= 0.3 is 0 Å². The first-order valence-corrected chi connectivity index (χ1v) is 9.43. The van der Waals surface area contributed by atoms with Crippen molar-refractivity contribution in [1.29, 1.82) is 0 Å². The third-order valence-corrected chi connectivity index (χ3v) is 5.71. The Balaban J connectivity index is 1.41. The molecule has 0 saturated carbocycles. The minimum absolute atomic E-state index is 0.171. The predicted octanol–water partition coefficient (Wildman–Crippen LogP) is 3.56. The summed E-state index contributed by atoms with van der Waals surface area (Å²) in [7, 11) is 0. The van der Waals surface area contributed by atoms with Crippen molar-refractivity contribution < 1.29 is 4.79 Å². The fourth-order valence-corrected chi connectivity index (χ4v) is 4.19. The van der Waals surface area contributed by atoms with E-state index in [2.05, 4.69) is 34.1 Å². The number of hydrogen-bond donors (Lipinski definition) is 0. The maximum absolute atomic E-state index is 12.6. The number of benzene rings is 1. The van der Waals surface area contributed by atoms with Gasteiger partial charge in [-0.15, -0.1) is 11.3 Å². The molecule has 128 valence electrons. The fraction of sp³-hybridized carbons (Fsp3) is 0.300. The summed E-state index contributed by atoms with van der Waals surface area (Å²) in [6, 6.07) is 14.4. The summed E-state index contributed by atoms with van der Waals surface area (Å²) in [6.45, 7) is 6.30. The third-order valence-electron chi connectivity index (χ3n) is 4.72. The number of hydrogen-bond acceptors (Lipinski definition) is 4. The van der Waals surface area contributed by atoms with Crippen LogP contribution in [0.25, 0.3) is 10.9 Å². The van der Waals surface area contributed by atoms with E-state index in [0.29, 0.717) is 0 Å². The fourth-order valence-electron chi connectivity index (χ4n) is 3.35. The van der Waals surface area contributed by atoms with Gasteiger partial charge in [-0.25, -0.2) is 0 Å². The number of aryl methyl sites for hydroxylation is 1. The minimum Gasteiger partial charge on any atom is -0.335 e. The zero-order valence-electron chi connectivity index (χ0n) is 14.3. The maximum Gasteiger partial charge on any atom is 0.264 e. The summed E-state index contributed by atoms with van der Waals surface area (Å²) in [5, 5.41) is 1.18. The number of amides is 1. The molecule has 25 heavy (non-hydrogen) atoms. The smallest absolute Gasteiger partial charge is 0.264 e. The molecule has 0 radical (unpaired) electrons. The van der Waals surface area contributed by atoms with Crippen LogP contribution in [0.5, 0.6) is 0 Å². The van der Waals surface area contributed by atoms with Gasteiger partial charge < -0.3 is 4.90 Å². The van der Waals surface area contributed by atoms with Crippen molar-refractivity contribution in [1.82, 2.24) is 14.8 Å². The maximum atomic E-state index is 12.6. The van der Waals surface area contributed by atoms with Gasteiger partial charge in [-0.2, -0.15) is 0 Å². The van der Waals surface area contributed by atoms with Gasteiger partial charge in [0, 0.05) is 49.2 Å². The average molecular weight is 351 g/mol. The van der Waals surface area contributed by atoms with Crippen LogP contribution in [0.3, 0.4) is 0 Å². The second kappa shape index (κ2) is 6.94. The number of rotatable bonds is 3. The van der Waals surface area contributed by atoms with Gasteiger partial charge in [0.25, 0.3) is 5.91 Å². The highest BCUT2D eigenvalue weighted by molar-refractivity contribution is 7.13. The summed E-state index contributed by atoms with van der Waals surface area (Å²) in [5.74, 6) is 0.171. The largest absolute Gasteiger partial charge is 0.335 e. The van der Waals surface area contributed by atoms with E-state index in [-0.39, 0.29) is 5.91 Å². The van der Waals surface area contributed by atoms with E-state index < -0.39 is 0 Å². The Bertz CT molecular complexity index is 891. The second-order valence-electron chi connectivity index (χ2n) is 6.47. The molecule has 0 spiro atoms. The van der Waals surface area contributed by atoms with Gasteiger partial charge in [0.1, 0.15) is 0 Å². The van der Waals surface area contributed by atoms with Gasteiger partial charge in [0.2, 0.25) is 0 Å². The van der Waals surface area contributed by atoms with Crippen LogP contribution in [0.2, 0.25) is 0 Å². The molecule has 0 aliphatic carbocycles. The van der Waals surface area contributed by atoms with Crippen LogP contribution in [-0.4, -0.2) is 46.9 Å². The Morgan fingerprint density at radius 2 is 1.88 bits per heavy atom. The number of piperazine rings is 1. The first-order chi connectivity index (χ1) is 12.2. The minimum atomic E-state index is 0.171. The highest BCUT2D eigenvalue weighted by Gasteiger charge is 2.23. The van der Waals surface area contributed by atoms with E-state index in [1.54, 1.807) is 11.3 Å². The van der Waals surface area contributed by atoms with Crippen LogP contribution in [-0.2, 0) is 6.54 Å². The summed E-state index contributed by atoms with van der Waals surface area (Å²) in [5.41, 5.74) is 2.34. The lowest BCUT2D eigenvalue weighted by atomic mass is 10.1. The standard InChI is InChI=1S/C20H21N3OS/c1-15-7-8-18(25-15)20(24)23-12-10-22(11-13-23)14-17-5-2-4-16-6-3-9-21-19(16)17/h2-9H,10-14H2,1H3. The van der Waals surface area contributed by atoms with E-state index in [9.17, 15) is 4.79 Å². The van der Waals surface area contributed by atoms with E-state index in [1.807, 2.05) is 36.2 Å². The molecule has 1 aliphatic heterocycles. The van der Waals surface area contributed by atoms with Crippen LogP contribution >= 0.6 is 11.3 Å². The van der Waals surface area contributed by atoms with Crippen LogP contribution in [0.4, 0.5) is 0 Å². The van der Waals surface area contributed by atoms with E-state index in [0.717, 1.165) is 43.1 Å². The molecule has 1 amide bonds. The van der Waals surface area contributed by atoms with Crippen LogP contribution in [0, 0.1) is 6.92 Å². The molecule has 1 saturated heterocycles. The zero-order chi connectivity index (χ0) is 17.2. The molecule has 0 atom stereocenters. The Morgan fingerprint density at radius 3 is 2.64 bits per heavy atom. The Morgan fingerprint density at radius 1 is 1.08 bits per heavy atom. The molecule has 3 heterocycles. The number of carbonyl (C=O) groups is 1. The van der Waals surface area contributed by atoms with Gasteiger partial charge in [-0.05, 0) is 30.7 Å². The molecule has 0 bridgehead atoms. The van der Waals surface area contributed by atoms with Gasteiger partial charge in [0.05, 0.1) is 10.4 Å². The highest BCUT2D eigenvalue weighted by atomic mass is 32.1. The molecule has 5 heteroatoms. The molecule has 4 nitrogen and oxygen atoms in total. The first kappa shape index (κ1) is 16.2. The summed E-state index contributed by atoms with van der Waals surface area (Å²) in [6.07, 6.45) is 1.85. The second-order valence-corrected chi connectivity index (χ2v) is 7.76. The molecule has 0 N–H and O–H groups in total. The Labute approximate surface area is 151 Å². The number of thiophene rings is 1. The SMILES string of the molecule is Cc1ccc(C(=O)N2CCN(Cc3cccc4cccnc34)CC2)s1. The summed E-state index contributed by atoms with van der Waals surface area (Å²) < 4.78 is 0. The number of aromatic nitrogens is 1. The molecule has 3 aromatic rings. The van der Waals surface area contributed by atoms with E-state index >= 15 is 0 Å². The predicted molar refractivity (Wildman–Crippen MR) is 102 cm³/mol. The van der Waals surface area contributed by atoms with Crippen molar-refractivity contribution >= 4 is 28.1 Å². The van der Waals surface area contributed by atoms with Gasteiger partial charge in [0.15, 0.2) is 0 Å². The summed E-state index contributed by atoms with van der Waals surface area (Å²) >= 11 is 1.58. The quantitative estimate of drug-likeness (QED) is 0.724. The van der Waals surface area contributed by atoms with Crippen molar-refractivity contribution in [2.24, 2.45) is 0 Å². The highest BCUT2D eigenvalue weighted by Crippen LogP contribution is 2.20. The van der Waals surface area contributed by atoms with Crippen molar-refractivity contribution in [3.8, 4) is 0 Å². The summed E-state index contributed by atoms with van der Waals surface area (Å²) in [4.78, 5) is 23.5. The number of fused-ring (bicyclic) bond motifs is 1. The lowest BCUT2D eigenvalue weighted by Gasteiger charge is -2.34. The molecular weight excluding hydrogens is 330 g/mol. The molecule has 1 aromatic carbocycles. The molecule has 1 fully saturated rings. The monoisotopic (exact) mass is 351 g/mol. The zero-order valence-corrected chi connectivity index (χ0v) is 15.1. The lowest BCUT2D eigenvalue weighted by molar-refractivity contribution is 0.0633. The molecule has 0 unspecified atom stereocenters. The Hall–Kier alpha value is -2.24. The molecule has 2 aromatic heterocycles. The van der Waals surface area contributed by atoms with E-state index in [4.69, 9.17) is 0 Å². The van der Waals surface area contributed by atoms with E-state index in [1.165, 1.54) is 15.8 Å². The van der Waals surface area contributed by atoms with Crippen molar-refractivity contribution in [3.05, 3.63) is 64.0 Å². The van der Waals surface area contributed by atoms with Crippen molar-refractivity contribution in [3.63, 3.8) is 0 Å². The molecular formula is C20H21N3OS. The topological polar surface area (TPSA) is 36.4 Å². The van der Waals surface area contributed by atoms with Crippen LogP contribution in [0.1, 0.15) is 20.1 Å². The first-order valence-electron chi connectivity index (χ1n) is 8.61. The lowest BCUT2D eigenvalue weighted by Crippen LogP contribution is -2.48. The normalized spacial score (nSPS) is 15.6. The average Bonchev–Trinajstić information content (AvgIpc) is 3.08. The number of nitrogens with zero attached hydrogens (tertiary/aromatic N) is 3. The Kier molecular flexibility index (Phi) is 4.51. The number of para-hydroxylation sites is 1. The van der Waals surface area contributed by atoms with Gasteiger partial charge in [-0.1, -0.05) is 24.3 Å².